The number of methoxy groups -OCH3 is 1. The molecule has 30 heavy (non-hydrogen) atoms. The molecule has 0 radical (unpaired) electrons. The smallest absolute Gasteiger partial charge is 0.332 e. The van der Waals surface area contributed by atoms with Crippen LogP contribution >= 0.6 is 0 Å². The molecule has 0 spiro atoms. The number of benzene rings is 1. The normalized spacial score (nSPS) is 12.3. The summed E-state index contributed by atoms with van der Waals surface area (Å²) >= 11 is 0. The topological polar surface area (TPSA) is 82.0 Å². The van der Waals surface area contributed by atoms with Crippen molar-refractivity contribution in [2.24, 2.45) is 0 Å². The summed E-state index contributed by atoms with van der Waals surface area (Å²) < 4.78 is 13.5. The first-order valence-electron chi connectivity index (χ1n) is 9.84. The fourth-order valence-electron chi connectivity index (χ4n) is 3.19. The summed E-state index contributed by atoms with van der Waals surface area (Å²) in [5.74, 6) is 1.29. The number of hydrogen-bond donors (Lipinski definition) is 1. The number of pyridine rings is 2. The Hall–Kier alpha value is -3.03. The highest BCUT2D eigenvalue weighted by molar-refractivity contribution is 6.66. The maximum absolute atomic E-state index is 12.9. The molecule has 0 atom stereocenters. The molecule has 0 aliphatic carbocycles. The van der Waals surface area contributed by atoms with Crippen molar-refractivity contribution in [2.75, 3.05) is 7.11 Å². The number of rotatable bonds is 5. The number of imidazole rings is 1. The molecule has 0 aliphatic rings. The van der Waals surface area contributed by atoms with Gasteiger partial charge in [-0.15, -0.1) is 0 Å². The van der Waals surface area contributed by atoms with Gasteiger partial charge < -0.3 is 9.47 Å². The second-order valence-electron chi connectivity index (χ2n) is 8.85. The molecule has 0 amide bonds. The number of aromatic nitrogens is 4. The lowest BCUT2D eigenvalue weighted by Crippen LogP contribution is -2.51. The lowest BCUT2D eigenvalue weighted by molar-refractivity contribution is 0.244. The third-order valence-corrected chi connectivity index (χ3v) is 5.87. The average molecular weight is 395 g/mol. The number of H-pyrrole nitrogens is 1. The standard InChI is InChI=1S/C18H21B5N4O3/c1-29-12-4-6-24-11-3-2-9(8-10(11)12)27-14-13(30-18(22,23)17(19,20)21)5-7-25-15(14)26-16(27)28/h2-8H,19-23H2,1H3,(H,25,26,28). The Morgan fingerprint density at radius 2 is 1.70 bits per heavy atom. The van der Waals surface area contributed by atoms with E-state index in [4.69, 9.17) is 9.47 Å². The van der Waals surface area contributed by atoms with Gasteiger partial charge in [0, 0.05) is 29.2 Å². The molecule has 4 aromatic rings. The minimum absolute atomic E-state index is 0.119. The third-order valence-electron chi connectivity index (χ3n) is 5.87. The first-order valence-corrected chi connectivity index (χ1v) is 9.84. The van der Waals surface area contributed by atoms with Crippen LogP contribution in [-0.4, -0.2) is 71.3 Å². The van der Waals surface area contributed by atoms with E-state index in [0.717, 1.165) is 10.9 Å². The molecule has 0 bridgehead atoms. The molecule has 4 rings (SSSR count). The van der Waals surface area contributed by atoms with Gasteiger partial charge in [0.15, 0.2) is 5.65 Å². The van der Waals surface area contributed by atoms with Gasteiger partial charge >= 0.3 is 5.69 Å². The van der Waals surface area contributed by atoms with E-state index in [1.165, 1.54) is 0 Å². The molecule has 1 aromatic carbocycles. The Morgan fingerprint density at radius 3 is 2.40 bits per heavy atom. The Balaban J connectivity index is 1.95. The van der Waals surface area contributed by atoms with Gasteiger partial charge in [-0.1, -0.05) is 5.11 Å². The van der Waals surface area contributed by atoms with Crippen LogP contribution in [0.1, 0.15) is 0 Å². The monoisotopic (exact) mass is 396 g/mol. The number of hydrogen-bond acceptors (Lipinski definition) is 5. The van der Waals surface area contributed by atoms with E-state index in [9.17, 15) is 4.79 Å². The molecular weight excluding hydrogens is 374 g/mol. The first kappa shape index (κ1) is 20.3. The number of aromatic amines is 1. The molecule has 0 fully saturated rings. The average Bonchev–Trinajstić information content (AvgIpc) is 3.02. The number of ether oxygens (including phenoxy) is 2. The number of fused-ring (bicyclic) bond motifs is 2. The quantitative estimate of drug-likeness (QED) is 0.379. The van der Waals surface area contributed by atoms with Crippen molar-refractivity contribution in [3.63, 3.8) is 0 Å². The van der Waals surface area contributed by atoms with Crippen LogP contribution in [0.3, 0.4) is 0 Å². The second-order valence-corrected chi connectivity index (χ2v) is 8.85. The van der Waals surface area contributed by atoms with E-state index >= 15 is 0 Å². The lowest BCUT2D eigenvalue weighted by Gasteiger charge is -2.40. The van der Waals surface area contributed by atoms with Crippen molar-refractivity contribution in [3.05, 3.63) is 53.2 Å². The summed E-state index contributed by atoms with van der Waals surface area (Å²) in [5, 5.41) is 0.224. The van der Waals surface area contributed by atoms with E-state index in [1.807, 2.05) is 33.9 Å². The molecule has 0 unspecified atom stereocenters. The molecule has 146 valence electrons. The van der Waals surface area contributed by atoms with Crippen LogP contribution in [0.5, 0.6) is 11.5 Å². The van der Waals surface area contributed by atoms with Crippen LogP contribution in [0.2, 0.25) is 5.11 Å². The third kappa shape index (κ3) is 3.30. The van der Waals surface area contributed by atoms with Crippen molar-refractivity contribution in [1.29, 1.82) is 0 Å². The maximum Gasteiger partial charge on any atom is 0.332 e. The highest BCUT2D eigenvalue weighted by atomic mass is 16.5. The highest BCUT2D eigenvalue weighted by Crippen LogP contribution is 2.33. The summed E-state index contributed by atoms with van der Waals surface area (Å²) in [6.07, 6.45) is 3.34. The predicted octanol–water partition coefficient (Wildman–Crippen LogP) is -2.46. The van der Waals surface area contributed by atoms with E-state index in [0.29, 0.717) is 28.4 Å². The van der Waals surface area contributed by atoms with Crippen molar-refractivity contribution < 1.29 is 9.47 Å². The van der Waals surface area contributed by atoms with Crippen LogP contribution in [0.25, 0.3) is 27.8 Å². The number of nitrogens with zero attached hydrogens (tertiary/aromatic N) is 3. The lowest BCUT2D eigenvalue weighted by atomic mass is 9.28. The van der Waals surface area contributed by atoms with E-state index < -0.39 is 5.40 Å². The van der Waals surface area contributed by atoms with Crippen LogP contribution in [0.15, 0.2) is 47.5 Å². The molecule has 0 saturated carbocycles. The van der Waals surface area contributed by atoms with Gasteiger partial charge in [-0.3, -0.25) is 14.5 Å². The molecule has 1 N–H and O–H groups in total. The zero-order valence-electron chi connectivity index (χ0n) is 18.1. The molecule has 0 saturated heterocycles. The SMILES string of the molecule is BC(B)(B)C(B)(B)Oc1ccnc2[nH]c(=O)n(-c3ccc4nccc(OC)c4c3)c12. The largest absolute Gasteiger partial charge is 0.505 e. The zero-order valence-corrected chi connectivity index (χ0v) is 18.1. The van der Waals surface area contributed by atoms with Crippen molar-refractivity contribution in [1.82, 2.24) is 19.5 Å². The molecule has 3 heterocycles. The summed E-state index contributed by atoms with van der Waals surface area (Å²) in [6, 6.07) is 9.21. The van der Waals surface area contributed by atoms with Gasteiger partial charge in [0.05, 0.1) is 41.9 Å². The molecule has 3 aromatic heterocycles. The molecular formula is C18H21B5N4O3. The van der Waals surface area contributed by atoms with E-state index in [2.05, 4.69) is 38.5 Å². The number of nitrogens with one attached hydrogen (secondary N) is 1. The Morgan fingerprint density at radius 1 is 1.00 bits per heavy atom. The molecule has 12 heteroatoms. The van der Waals surface area contributed by atoms with Crippen molar-refractivity contribution in [2.45, 2.75) is 10.5 Å². The van der Waals surface area contributed by atoms with Crippen LogP contribution < -0.4 is 15.2 Å². The van der Waals surface area contributed by atoms with Gasteiger partial charge in [-0.05, 0) is 24.3 Å². The predicted molar refractivity (Wildman–Crippen MR) is 132 cm³/mol. The van der Waals surface area contributed by atoms with E-state index in [1.54, 1.807) is 36.2 Å². The first-order chi connectivity index (χ1) is 14.1. The molecule has 0 aliphatic heterocycles. The summed E-state index contributed by atoms with van der Waals surface area (Å²) in [6.45, 7) is 0. The van der Waals surface area contributed by atoms with Gasteiger partial charge in [-0.25, -0.2) is 9.78 Å². The summed E-state index contributed by atoms with van der Waals surface area (Å²) in [5.41, 5.74) is 2.25. The van der Waals surface area contributed by atoms with Crippen molar-refractivity contribution in [3.8, 4) is 17.2 Å². The van der Waals surface area contributed by atoms with Crippen LogP contribution in [0.4, 0.5) is 0 Å². The highest BCUT2D eigenvalue weighted by Gasteiger charge is 2.35. The Labute approximate surface area is 178 Å². The molecule has 7 nitrogen and oxygen atoms in total. The summed E-state index contributed by atoms with van der Waals surface area (Å²) in [4.78, 5) is 24.5. The van der Waals surface area contributed by atoms with E-state index in [-0.39, 0.29) is 10.8 Å². The minimum Gasteiger partial charge on any atom is -0.505 e. The van der Waals surface area contributed by atoms with Gasteiger partial charge in [0.25, 0.3) is 0 Å². The van der Waals surface area contributed by atoms with Crippen LogP contribution in [0, 0.1) is 0 Å². The van der Waals surface area contributed by atoms with Gasteiger partial charge in [0.2, 0.25) is 0 Å². The zero-order chi connectivity index (χ0) is 21.7. The summed E-state index contributed by atoms with van der Waals surface area (Å²) in [7, 11) is 12.1. The second kappa shape index (κ2) is 7.04. The van der Waals surface area contributed by atoms with Crippen molar-refractivity contribution >= 4 is 61.3 Å². The fraction of sp³-hybridized carbons (Fsp3) is 0.167. The van der Waals surface area contributed by atoms with Gasteiger partial charge in [-0.2, -0.15) is 0 Å². The van der Waals surface area contributed by atoms with Crippen LogP contribution in [-0.2, 0) is 0 Å². The Kier molecular flexibility index (Phi) is 4.75. The maximum atomic E-state index is 12.9. The minimum atomic E-state index is -0.476. The van der Waals surface area contributed by atoms with Gasteiger partial charge in [0.1, 0.15) is 32.7 Å². The Bertz CT molecular complexity index is 1310. The fourth-order valence-corrected chi connectivity index (χ4v) is 3.19.